The van der Waals surface area contributed by atoms with Gasteiger partial charge in [0.25, 0.3) is 5.69 Å². The van der Waals surface area contributed by atoms with E-state index in [2.05, 4.69) is 5.32 Å². The number of carbonyl (C=O) groups is 2. The van der Waals surface area contributed by atoms with Crippen molar-refractivity contribution in [3.63, 3.8) is 0 Å². The van der Waals surface area contributed by atoms with E-state index < -0.39 is 45.2 Å². The van der Waals surface area contributed by atoms with Crippen LogP contribution in [-0.4, -0.2) is 55.4 Å². The number of amides is 2. The van der Waals surface area contributed by atoms with Crippen LogP contribution in [0.4, 0.5) is 15.8 Å². The lowest BCUT2D eigenvalue weighted by atomic mass is 10.0. The third-order valence-electron chi connectivity index (χ3n) is 6.26. The minimum atomic E-state index is -4.11. The number of sulfonamides is 1. The zero-order chi connectivity index (χ0) is 30.2. The van der Waals surface area contributed by atoms with Crippen LogP contribution < -0.4 is 9.62 Å². The van der Waals surface area contributed by atoms with Crippen molar-refractivity contribution in [2.24, 2.45) is 5.92 Å². The Hall–Kier alpha value is -4.32. The van der Waals surface area contributed by atoms with E-state index in [4.69, 9.17) is 0 Å². The molecule has 12 heteroatoms. The molecule has 0 aliphatic heterocycles. The van der Waals surface area contributed by atoms with Crippen molar-refractivity contribution >= 4 is 33.2 Å². The number of nitro groups is 1. The van der Waals surface area contributed by atoms with Gasteiger partial charge in [-0.1, -0.05) is 68.4 Å². The van der Waals surface area contributed by atoms with E-state index >= 15 is 0 Å². The molecule has 0 heterocycles. The van der Waals surface area contributed by atoms with Gasteiger partial charge in [-0.2, -0.15) is 0 Å². The second-order valence-corrected chi connectivity index (χ2v) is 11.9. The number of nitrogens with one attached hydrogen (secondary N) is 1. The summed E-state index contributed by atoms with van der Waals surface area (Å²) in [6, 6.07) is 18.5. The van der Waals surface area contributed by atoms with Crippen molar-refractivity contribution in [1.29, 1.82) is 0 Å². The maximum atomic E-state index is 14.8. The van der Waals surface area contributed by atoms with Gasteiger partial charge in [0, 0.05) is 37.2 Å². The summed E-state index contributed by atoms with van der Waals surface area (Å²) in [7, 11) is -4.11. The summed E-state index contributed by atoms with van der Waals surface area (Å²) in [6.07, 6.45) is 0.956. The Bertz CT molecular complexity index is 1480. The van der Waals surface area contributed by atoms with Crippen LogP contribution in [0.5, 0.6) is 0 Å². The average molecular weight is 585 g/mol. The van der Waals surface area contributed by atoms with Crippen LogP contribution in [0.2, 0.25) is 0 Å². The first-order valence-electron chi connectivity index (χ1n) is 12.9. The summed E-state index contributed by atoms with van der Waals surface area (Å²) in [6.45, 7) is 3.08. The fourth-order valence-corrected chi connectivity index (χ4v) is 5.00. The normalized spacial score (nSPS) is 12.0. The Labute approximate surface area is 239 Å². The number of nitro benzene ring substituents is 1. The number of halogens is 1. The molecule has 0 bridgehead atoms. The zero-order valence-corrected chi connectivity index (χ0v) is 23.9. The molecule has 2 amide bonds. The number of hydrogen-bond acceptors (Lipinski definition) is 6. The number of carbonyl (C=O) groups excluding carboxylic acids is 2. The van der Waals surface area contributed by atoms with Crippen molar-refractivity contribution in [3.05, 3.63) is 106 Å². The number of benzene rings is 3. The summed E-state index contributed by atoms with van der Waals surface area (Å²) < 4.78 is 41.1. The molecular weight excluding hydrogens is 551 g/mol. The van der Waals surface area contributed by atoms with Gasteiger partial charge in [-0.25, -0.2) is 12.8 Å². The maximum absolute atomic E-state index is 14.8. The molecule has 3 aromatic rings. The third kappa shape index (κ3) is 8.84. The summed E-state index contributed by atoms with van der Waals surface area (Å²) in [5.74, 6) is -1.74. The molecule has 0 saturated carbocycles. The highest BCUT2D eigenvalue weighted by atomic mass is 32.2. The molecule has 1 N–H and O–H groups in total. The first kappa shape index (κ1) is 31.2. The molecule has 41 heavy (non-hydrogen) atoms. The molecule has 10 nitrogen and oxygen atoms in total. The predicted molar refractivity (Wildman–Crippen MR) is 154 cm³/mol. The van der Waals surface area contributed by atoms with Gasteiger partial charge < -0.3 is 10.2 Å². The summed E-state index contributed by atoms with van der Waals surface area (Å²) in [5, 5.41) is 14.2. The number of rotatable bonds is 13. The lowest BCUT2D eigenvalue weighted by Gasteiger charge is -2.33. The van der Waals surface area contributed by atoms with E-state index in [9.17, 15) is 32.5 Å². The second-order valence-electron chi connectivity index (χ2n) is 10.0. The van der Waals surface area contributed by atoms with Crippen molar-refractivity contribution in [2.45, 2.75) is 32.9 Å². The molecule has 0 aliphatic rings. The SMILES string of the molecule is CC(C)CNC(=O)[C@H](Cc1ccccc1)N(Cc1ccccc1F)C(=O)CN(c1cccc([N+](=O)[O-])c1)S(C)(=O)=O. The topological polar surface area (TPSA) is 130 Å². The van der Waals surface area contributed by atoms with E-state index in [0.717, 1.165) is 27.1 Å². The Kier molecular flexibility index (Phi) is 10.5. The van der Waals surface area contributed by atoms with Gasteiger partial charge in [0.2, 0.25) is 21.8 Å². The standard InChI is InChI=1S/C29H33FN4O6S/c1-21(2)18-31-29(36)27(16-22-10-5-4-6-11-22)32(19-23-12-7-8-15-26(23)30)28(35)20-33(41(3,39)40)24-13-9-14-25(17-24)34(37)38/h4-15,17,21,27H,16,18-20H2,1-3H3,(H,31,36)/t27-/m0/s1. The molecule has 218 valence electrons. The number of hydrogen-bond donors (Lipinski definition) is 1. The molecular formula is C29H33FN4O6S. The summed E-state index contributed by atoms with van der Waals surface area (Å²) in [4.78, 5) is 39.3. The van der Waals surface area contributed by atoms with Crippen molar-refractivity contribution < 1.29 is 27.3 Å². The molecule has 0 aliphatic carbocycles. The zero-order valence-electron chi connectivity index (χ0n) is 23.1. The summed E-state index contributed by atoms with van der Waals surface area (Å²) in [5.41, 5.74) is 0.422. The number of non-ortho nitro benzene ring substituents is 1. The van der Waals surface area contributed by atoms with Gasteiger partial charge in [0.15, 0.2) is 0 Å². The van der Waals surface area contributed by atoms with Crippen LogP contribution in [0.1, 0.15) is 25.0 Å². The van der Waals surface area contributed by atoms with Gasteiger partial charge in [-0.3, -0.25) is 24.0 Å². The lowest BCUT2D eigenvalue weighted by molar-refractivity contribution is -0.384. The molecule has 0 unspecified atom stereocenters. The van der Waals surface area contributed by atoms with Crippen LogP contribution in [0.25, 0.3) is 0 Å². The minimum Gasteiger partial charge on any atom is -0.354 e. The highest BCUT2D eigenvalue weighted by molar-refractivity contribution is 7.92. The van der Waals surface area contributed by atoms with Crippen LogP contribution in [0.3, 0.4) is 0 Å². The van der Waals surface area contributed by atoms with Crippen molar-refractivity contribution in [2.75, 3.05) is 23.7 Å². The highest BCUT2D eigenvalue weighted by Crippen LogP contribution is 2.24. The fourth-order valence-electron chi connectivity index (χ4n) is 4.16. The Morgan fingerprint density at radius 3 is 2.27 bits per heavy atom. The van der Waals surface area contributed by atoms with Crippen molar-refractivity contribution in [1.82, 2.24) is 10.2 Å². The average Bonchev–Trinajstić information content (AvgIpc) is 2.93. The first-order chi connectivity index (χ1) is 19.4. The monoisotopic (exact) mass is 584 g/mol. The predicted octanol–water partition coefficient (Wildman–Crippen LogP) is 3.91. The molecule has 3 aromatic carbocycles. The maximum Gasteiger partial charge on any atom is 0.271 e. The van der Waals surface area contributed by atoms with E-state index in [1.54, 1.807) is 30.3 Å². The van der Waals surface area contributed by atoms with Gasteiger partial charge in [-0.05, 0) is 23.6 Å². The Balaban J connectivity index is 2.08. The van der Waals surface area contributed by atoms with Crippen LogP contribution in [-0.2, 0) is 32.6 Å². The van der Waals surface area contributed by atoms with Crippen molar-refractivity contribution in [3.8, 4) is 0 Å². The fraction of sp³-hybridized carbons (Fsp3) is 0.310. The van der Waals surface area contributed by atoms with E-state index in [1.165, 1.54) is 36.4 Å². The van der Waals surface area contributed by atoms with Gasteiger partial charge in [0.05, 0.1) is 16.9 Å². The van der Waals surface area contributed by atoms with Crippen LogP contribution in [0, 0.1) is 21.8 Å². The molecule has 0 saturated heterocycles. The highest BCUT2D eigenvalue weighted by Gasteiger charge is 2.33. The van der Waals surface area contributed by atoms with Gasteiger partial charge in [-0.15, -0.1) is 0 Å². The smallest absolute Gasteiger partial charge is 0.271 e. The Morgan fingerprint density at radius 2 is 1.66 bits per heavy atom. The number of anilines is 1. The van der Waals surface area contributed by atoms with E-state index in [1.807, 2.05) is 19.9 Å². The molecule has 0 fully saturated rings. The second kappa shape index (κ2) is 13.8. The third-order valence-corrected chi connectivity index (χ3v) is 7.40. The molecule has 0 aromatic heterocycles. The van der Waals surface area contributed by atoms with E-state index in [-0.39, 0.29) is 35.8 Å². The minimum absolute atomic E-state index is 0.0840. The summed E-state index contributed by atoms with van der Waals surface area (Å²) >= 11 is 0. The molecule has 1 atom stereocenters. The van der Waals surface area contributed by atoms with Gasteiger partial charge in [0.1, 0.15) is 18.4 Å². The van der Waals surface area contributed by atoms with Gasteiger partial charge >= 0.3 is 0 Å². The number of nitrogens with zero attached hydrogens (tertiary/aromatic N) is 3. The molecule has 0 radical (unpaired) electrons. The van der Waals surface area contributed by atoms with Crippen LogP contribution in [0.15, 0.2) is 78.9 Å². The lowest BCUT2D eigenvalue weighted by Crippen LogP contribution is -2.53. The molecule has 0 spiro atoms. The quantitative estimate of drug-likeness (QED) is 0.240. The van der Waals surface area contributed by atoms with E-state index in [0.29, 0.717) is 6.54 Å². The largest absolute Gasteiger partial charge is 0.354 e. The van der Waals surface area contributed by atoms with Crippen LogP contribution >= 0.6 is 0 Å². The Morgan fingerprint density at radius 1 is 1.00 bits per heavy atom. The molecule has 3 rings (SSSR count). The first-order valence-corrected chi connectivity index (χ1v) is 14.8.